The van der Waals surface area contributed by atoms with Crippen molar-refractivity contribution in [3.63, 3.8) is 0 Å². The van der Waals surface area contributed by atoms with Crippen LogP contribution in [-0.2, 0) is 0 Å². The van der Waals surface area contributed by atoms with E-state index in [0.717, 1.165) is 12.1 Å². The molecule has 1 aromatic rings. The second-order valence-corrected chi connectivity index (χ2v) is 5.54. The zero-order valence-electron chi connectivity index (χ0n) is 12.2. The largest absolute Gasteiger partial charge is 0.491 e. The Morgan fingerprint density at radius 2 is 2.05 bits per heavy atom. The van der Waals surface area contributed by atoms with Crippen LogP contribution < -0.4 is 10.1 Å². The van der Waals surface area contributed by atoms with Gasteiger partial charge in [0.2, 0.25) is 0 Å². The average molecular weight is 287 g/mol. The van der Waals surface area contributed by atoms with Gasteiger partial charge in [-0.25, -0.2) is 8.78 Å². The first-order valence-corrected chi connectivity index (χ1v) is 6.83. The van der Waals surface area contributed by atoms with Crippen molar-refractivity contribution < 1.29 is 18.6 Å². The minimum Gasteiger partial charge on any atom is -0.491 e. The lowest BCUT2D eigenvalue weighted by Gasteiger charge is -2.31. The fraction of sp³-hybridized carbons (Fsp3) is 0.600. The third-order valence-corrected chi connectivity index (χ3v) is 3.01. The number of rotatable bonds is 8. The quantitative estimate of drug-likeness (QED) is 0.722. The molecular formula is C15H23F2NO2. The van der Waals surface area contributed by atoms with Crippen molar-refractivity contribution in [3.8, 4) is 5.75 Å². The molecule has 0 saturated heterocycles. The first kappa shape index (κ1) is 16.9. The minimum absolute atomic E-state index is 0.0239. The molecule has 0 saturated carbocycles. The molecule has 0 fully saturated rings. The first-order valence-electron chi connectivity index (χ1n) is 6.83. The monoisotopic (exact) mass is 287 g/mol. The molecule has 1 atom stereocenters. The molecule has 114 valence electrons. The Balaban J connectivity index is 2.40. The van der Waals surface area contributed by atoms with Crippen LogP contribution in [0.5, 0.6) is 5.75 Å². The highest BCUT2D eigenvalue weighted by molar-refractivity contribution is 5.24. The third-order valence-electron chi connectivity index (χ3n) is 3.01. The molecule has 0 heterocycles. The molecule has 0 aliphatic carbocycles. The van der Waals surface area contributed by atoms with E-state index < -0.39 is 11.6 Å². The number of aliphatic hydroxyl groups is 1. The van der Waals surface area contributed by atoms with Crippen LogP contribution in [0.15, 0.2) is 18.2 Å². The van der Waals surface area contributed by atoms with Crippen LogP contribution in [0.25, 0.3) is 0 Å². The summed E-state index contributed by atoms with van der Waals surface area (Å²) in [6.07, 6.45) is 1.36. The molecule has 0 aromatic heterocycles. The van der Waals surface area contributed by atoms with Crippen LogP contribution in [0, 0.1) is 11.6 Å². The molecule has 20 heavy (non-hydrogen) atoms. The van der Waals surface area contributed by atoms with Crippen LogP contribution in [0.4, 0.5) is 8.78 Å². The van der Waals surface area contributed by atoms with E-state index in [9.17, 15) is 13.9 Å². The van der Waals surface area contributed by atoms with E-state index in [4.69, 9.17) is 4.74 Å². The van der Waals surface area contributed by atoms with Gasteiger partial charge >= 0.3 is 0 Å². The van der Waals surface area contributed by atoms with Crippen LogP contribution in [0.1, 0.15) is 33.6 Å². The van der Waals surface area contributed by atoms with Gasteiger partial charge < -0.3 is 15.2 Å². The van der Waals surface area contributed by atoms with Gasteiger partial charge in [-0.3, -0.25) is 0 Å². The highest BCUT2D eigenvalue weighted by Crippen LogP contribution is 2.19. The molecule has 1 aromatic carbocycles. The van der Waals surface area contributed by atoms with Gasteiger partial charge in [-0.15, -0.1) is 0 Å². The Morgan fingerprint density at radius 3 is 2.60 bits per heavy atom. The molecule has 0 bridgehead atoms. The van der Waals surface area contributed by atoms with Crippen molar-refractivity contribution >= 4 is 0 Å². The van der Waals surface area contributed by atoms with E-state index in [2.05, 4.69) is 5.32 Å². The normalized spacial score (nSPS) is 14.3. The fourth-order valence-corrected chi connectivity index (χ4v) is 2.13. The zero-order valence-corrected chi connectivity index (χ0v) is 12.2. The van der Waals surface area contributed by atoms with E-state index in [0.29, 0.717) is 19.4 Å². The molecule has 0 aliphatic rings. The third kappa shape index (κ3) is 5.43. The van der Waals surface area contributed by atoms with Crippen LogP contribution in [-0.4, -0.2) is 29.9 Å². The Bertz CT molecular complexity index is 426. The molecule has 0 spiro atoms. The van der Waals surface area contributed by atoms with Crippen LogP contribution >= 0.6 is 0 Å². The Hall–Kier alpha value is -1.20. The van der Waals surface area contributed by atoms with E-state index in [-0.39, 0.29) is 23.9 Å². The Kier molecular flexibility index (Phi) is 6.36. The second kappa shape index (κ2) is 7.55. The van der Waals surface area contributed by atoms with Crippen LogP contribution in [0.2, 0.25) is 0 Å². The van der Waals surface area contributed by atoms with Gasteiger partial charge in [0.15, 0.2) is 11.6 Å². The van der Waals surface area contributed by atoms with Gasteiger partial charge in [-0.05, 0) is 31.9 Å². The predicted octanol–water partition coefficient (Wildman–Crippen LogP) is 2.87. The molecule has 0 amide bonds. The highest BCUT2D eigenvalue weighted by Gasteiger charge is 2.23. The molecule has 5 heteroatoms. The Morgan fingerprint density at radius 1 is 1.35 bits per heavy atom. The molecule has 2 N–H and O–H groups in total. The van der Waals surface area contributed by atoms with E-state index in [1.807, 2.05) is 20.8 Å². The van der Waals surface area contributed by atoms with Crippen LogP contribution in [0.3, 0.4) is 0 Å². The lowest BCUT2D eigenvalue weighted by molar-refractivity contribution is 0.147. The summed E-state index contributed by atoms with van der Waals surface area (Å²) in [5, 5.41) is 12.7. The maximum absolute atomic E-state index is 13.3. The average Bonchev–Trinajstić information content (AvgIpc) is 2.36. The number of nitrogens with one attached hydrogen (secondary N) is 1. The number of aliphatic hydroxyl groups excluding tert-OH is 1. The lowest BCUT2D eigenvalue weighted by atomic mass is 9.96. The zero-order chi connectivity index (χ0) is 15.2. The number of ether oxygens (including phenoxy) is 1. The number of hydrogen-bond donors (Lipinski definition) is 2. The molecule has 1 rings (SSSR count). The van der Waals surface area contributed by atoms with Crippen molar-refractivity contribution in [2.75, 3.05) is 13.2 Å². The summed E-state index contributed by atoms with van der Waals surface area (Å²) < 4.78 is 31.3. The number of halogens is 2. The molecular weight excluding hydrogens is 264 g/mol. The summed E-state index contributed by atoms with van der Waals surface area (Å²) in [7, 11) is 0. The fourth-order valence-electron chi connectivity index (χ4n) is 2.13. The summed E-state index contributed by atoms with van der Waals surface area (Å²) in [6, 6.07) is 3.51. The smallest absolute Gasteiger partial charge is 0.167 e. The van der Waals surface area contributed by atoms with Gasteiger partial charge in [0.05, 0.1) is 13.2 Å². The van der Waals surface area contributed by atoms with E-state index >= 15 is 0 Å². The second-order valence-electron chi connectivity index (χ2n) is 5.54. The summed E-state index contributed by atoms with van der Waals surface area (Å²) in [5.41, 5.74) is -0.376. The van der Waals surface area contributed by atoms with Gasteiger partial charge in [-0.1, -0.05) is 13.8 Å². The standard InChI is InChI=1S/C15H23F2NO2/c1-11(2)18-15(3,10-19)7-4-8-20-14-6-5-12(16)9-13(14)17/h5-6,9,11,18-19H,4,7-8,10H2,1-3H3. The summed E-state index contributed by atoms with van der Waals surface area (Å²) >= 11 is 0. The van der Waals surface area contributed by atoms with Crippen molar-refractivity contribution in [1.82, 2.24) is 5.32 Å². The summed E-state index contributed by atoms with van der Waals surface area (Å²) in [6.45, 7) is 6.30. The molecule has 3 nitrogen and oxygen atoms in total. The van der Waals surface area contributed by atoms with Crippen molar-refractivity contribution in [3.05, 3.63) is 29.8 Å². The maximum atomic E-state index is 13.3. The lowest BCUT2D eigenvalue weighted by Crippen LogP contribution is -2.49. The van der Waals surface area contributed by atoms with Gasteiger partial charge in [0.25, 0.3) is 0 Å². The Labute approximate surface area is 119 Å². The van der Waals surface area contributed by atoms with Crippen molar-refractivity contribution in [1.29, 1.82) is 0 Å². The van der Waals surface area contributed by atoms with E-state index in [1.54, 1.807) is 0 Å². The number of benzene rings is 1. The maximum Gasteiger partial charge on any atom is 0.167 e. The SMILES string of the molecule is CC(C)NC(C)(CO)CCCOc1ccc(F)cc1F. The van der Waals surface area contributed by atoms with Gasteiger partial charge in [0.1, 0.15) is 5.82 Å². The summed E-state index contributed by atoms with van der Waals surface area (Å²) in [4.78, 5) is 0. The van der Waals surface area contributed by atoms with Crippen molar-refractivity contribution in [2.24, 2.45) is 0 Å². The van der Waals surface area contributed by atoms with Gasteiger partial charge in [-0.2, -0.15) is 0 Å². The minimum atomic E-state index is -0.699. The molecule has 1 unspecified atom stereocenters. The van der Waals surface area contributed by atoms with Crippen molar-refractivity contribution in [2.45, 2.75) is 45.2 Å². The summed E-state index contributed by atoms with van der Waals surface area (Å²) in [5.74, 6) is -1.27. The topological polar surface area (TPSA) is 41.5 Å². The van der Waals surface area contributed by atoms with Gasteiger partial charge in [0, 0.05) is 17.6 Å². The van der Waals surface area contributed by atoms with E-state index in [1.165, 1.54) is 6.07 Å². The predicted molar refractivity (Wildman–Crippen MR) is 74.8 cm³/mol. The highest BCUT2D eigenvalue weighted by atomic mass is 19.1. The number of hydrogen-bond acceptors (Lipinski definition) is 3. The first-order chi connectivity index (χ1) is 9.36. The molecule has 0 aliphatic heterocycles. The molecule has 0 radical (unpaired) electrons.